The molecule has 0 spiro atoms. The maximum absolute atomic E-state index is 13.0. The van der Waals surface area contributed by atoms with Crippen LogP contribution in [-0.2, 0) is 11.3 Å². The predicted octanol–water partition coefficient (Wildman–Crippen LogP) is 2.31. The summed E-state index contributed by atoms with van der Waals surface area (Å²) < 4.78 is 0. The van der Waals surface area contributed by atoms with E-state index in [0.717, 1.165) is 18.1 Å². The molecule has 26 heavy (non-hydrogen) atoms. The average molecular weight is 379 g/mol. The number of rotatable bonds is 6. The zero-order valence-electron chi connectivity index (χ0n) is 16.3. The Morgan fingerprint density at radius 1 is 1.38 bits per heavy atom. The van der Waals surface area contributed by atoms with Gasteiger partial charge in [0.25, 0.3) is 5.91 Å². The first-order chi connectivity index (χ1) is 12.3. The molecule has 1 atom stereocenters. The van der Waals surface area contributed by atoms with E-state index in [9.17, 15) is 9.59 Å². The van der Waals surface area contributed by atoms with Crippen LogP contribution in [0, 0.1) is 11.8 Å². The van der Waals surface area contributed by atoms with Crippen LogP contribution in [-0.4, -0.2) is 71.3 Å². The van der Waals surface area contributed by atoms with Crippen LogP contribution in [0.25, 0.3) is 0 Å². The number of carbonyl (C=O) groups is 2. The van der Waals surface area contributed by atoms with Gasteiger partial charge in [-0.25, -0.2) is 4.98 Å². The zero-order chi connectivity index (χ0) is 18.8. The molecule has 3 rings (SSSR count). The van der Waals surface area contributed by atoms with Crippen LogP contribution in [0.2, 0.25) is 0 Å². The van der Waals surface area contributed by atoms with E-state index in [1.807, 2.05) is 34.2 Å². The molecular formula is C19H30N4O2S. The molecule has 0 radical (unpaired) electrons. The third kappa shape index (κ3) is 4.62. The lowest BCUT2D eigenvalue weighted by molar-refractivity contribution is -0.133. The van der Waals surface area contributed by atoms with Gasteiger partial charge in [0.15, 0.2) is 0 Å². The highest BCUT2D eigenvalue weighted by atomic mass is 32.1. The summed E-state index contributed by atoms with van der Waals surface area (Å²) in [5, 5.41) is 2.79. The molecule has 1 aromatic rings. The first-order valence-electron chi connectivity index (χ1n) is 9.53. The SMILES string of the molecule is CC(C)[C@@H]1CN(C(=O)c2csc(CN(C)C)n2)CCC(=O)N1CC1CC1. The van der Waals surface area contributed by atoms with Crippen molar-refractivity contribution < 1.29 is 9.59 Å². The van der Waals surface area contributed by atoms with Crippen LogP contribution >= 0.6 is 11.3 Å². The molecular weight excluding hydrogens is 348 g/mol. The van der Waals surface area contributed by atoms with Gasteiger partial charge in [-0.05, 0) is 38.8 Å². The van der Waals surface area contributed by atoms with Crippen molar-refractivity contribution in [2.75, 3.05) is 33.7 Å². The standard InChI is InChI=1S/C19H30N4O2S/c1-13(2)16-10-22(8-7-18(24)23(16)9-14-5-6-14)19(25)15-12-26-17(20-15)11-21(3)4/h12-14,16H,5-11H2,1-4H3/t16-/m0/s1. The molecule has 1 saturated heterocycles. The molecule has 144 valence electrons. The van der Waals surface area contributed by atoms with Crippen molar-refractivity contribution in [2.24, 2.45) is 11.8 Å². The second-order valence-corrected chi connectivity index (χ2v) is 9.11. The van der Waals surface area contributed by atoms with E-state index in [1.165, 1.54) is 24.2 Å². The molecule has 0 bridgehead atoms. The van der Waals surface area contributed by atoms with E-state index < -0.39 is 0 Å². The molecule has 1 saturated carbocycles. The fourth-order valence-corrected chi connectivity index (χ4v) is 4.35. The maximum atomic E-state index is 13.0. The molecule has 1 aliphatic heterocycles. The maximum Gasteiger partial charge on any atom is 0.273 e. The fraction of sp³-hybridized carbons (Fsp3) is 0.737. The first kappa shape index (κ1) is 19.3. The molecule has 6 nitrogen and oxygen atoms in total. The van der Waals surface area contributed by atoms with Gasteiger partial charge in [0.2, 0.25) is 5.91 Å². The number of hydrogen-bond donors (Lipinski definition) is 0. The van der Waals surface area contributed by atoms with Crippen LogP contribution < -0.4 is 0 Å². The summed E-state index contributed by atoms with van der Waals surface area (Å²) in [5.74, 6) is 1.14. The number of carbonyl (C=O) groups excluding carboxylic acids is 2. The largest absolute Gasteiger partial charge is 0.337 e. The van der Waals surface area contributed by atoms with Crippen LogP contribution in [0.5, 0.6) is 0 Å². The number of nitrogens with zero attached hydrogens (tertiary/aromatic N) is 4. The lowest BCUT2D eigenvalue weighted by Crippen LogP contribution is -2.48. The van der Waals surface area contributed by atoms with Crippen molar-refractivity contribution in [3.8, 4) is 0 Å². The van der Waals surface area contributed by atoms with Crippen molar-refractivity contribution in [1.82, 2.24) is 19.7 Å². The molecule has 2 heterocycles. The monoisotopic (exact) mass is 378 g/mol. The normalized spacial score (nSPS) is 21.6. The minimum atomic E-state index is -0.0435. The molecule has 2 fully saturated rings. The number of amides is 2. The Balaban J connectivity index is 1.73. The summed E-state index contributed by atoms with van der Waals surface area (Å²) in [6, 6.07) is 0.0921. The Morgan fingerprint density at radius 3 is 2.73 bits per heavy atom. The topological polar surface area (TPSA) is 56.8 Å². The Labute approximate surface area is 160 Å². The van der Waals surface area contributed by atoms with Gasteiger partial charge < -0.3 is 14.7 Å². The van der Waals surface area contributed by atoms with E-state index in [0.29, 0.717) is 37.0 Å². The smallest absolute Gasteiger partial charge is 0.273 e. The Bertz CT molecular complexity index is 654. The van der Waals surface area contributed by atoms with Gasteiger partial charge in [-0.1, -0.05) is 13.8 Å². The minimum Gasteiger partial charge on any atom is -0.337 e. The van der Waals surface area contributed by atoms with E-state index in [2.05, 4.69) is 18.8 Å². The highest BCUT2D eigenvalue weighted by Gasteiger charge is 2.37. The summed E-state index contributed by atoms with van der Waals surface area (Å²) in [5.41, 5.74) is 0.512. The van der Waals surface area contributed by atoms with Crippen molar-refractivity contribution in [1.29, 1.82) is 0 Å². The quantitative estimate of drug-likeness (QED) is 0.762. The third-order valence-electron chi connectivity index (χ3n) is 5.15. The summed E-state index contributed by atoms with van der Waals surface area (Å²) in [6.07, 6.45) is 2.87. The second kappa shape index (κ2) is 8.05. The van der Waals surface area contributed by atoms with E-state index in [4.69, 9.17) is 0 Å². The summed E-state index contributed by atoms with van der Waals surface area (Å²) in [7, 11) is 3.98. The molecule has 2 aliphatic rings. The molecule has 0 N–H and O–H groups in total. The zero-order valence-corrected chi connectivity index (χ0v) is 17.1. The molecule has 2 amide bonds. The van der Waals surface area contributed by atoms with Crippen LogP contribution in [0.4, 0.5) is 0 Å². The highest BCUT2D eigenvalue weighted by molar-refractivity contribution is 7.09. The van der Waals surface area contributed by atoms with Crippen molar-refractivity contribution in [3.05, 3.63) is 16.1 Å². The summed E-state index contributed by atoms with van der Waals surface area (Å²) >= 11 is 1.52. The van der Waals surface area contributed by atoms with Gasteiger partial charge in [0.1, 0.15) is 10.7 Å². The number of thiazole rings is 1. The van der Waals surface area contributed by atoms with Gasteiger partial charge in [-0.2, -0.15) is 0 Å². The minimum absolute atomic E-state index is 0.0435. The van der Waals surface area contributed by atoms with Crippen molar-refractivity contribution in [2.45, 2.75) is 45.7 Å². The Kier molecular flexibility index (Phi) is 5.97. The lowest BCUT2D eigenvalue weighted by atomic mass is 10.0. The van der Waals surface area contributed by atoms with E-state index in [1.54, 1.807) is 0 Å². The van der Waals surface area contributed by atoms with Gasteiger partial charge in [0, 0.05) is 38.0 Å². The Morgan fingerprint density at radius 2 is 2.12 bits per heavy atom. The summed E-state index contributed by atoms with van der Waals surface area (Å²) in [6.45, 7) is 6.97. The van der Waals surface area contributed by atoms with E-state index >= 15 is 0 Å². The number of aromatic nitrogens is 1. The van der Waals surface area contributed by atoms with Gasteiger partial charge >= 0.3 is 0 Å². The van der Waals surface area contributed by atoms with Crippen LogP contribution in [0.3, 0.4) is 0 Å². The summed E-state index contributed by atoms with van der Waals surface area (Å²) in [4.78, 5) is 36.1. The molecule has 1 aliphatic carbocycles. The fourth-order valence-electron chi connectivity index (χ4n) is 3.46. The van der Waals surface area contributed by atoms with Gasteiger partial charge in [-0.15, -0.1) is 11.3 Å². The van der Waals surface area contributed by atoms with Crippen molar-refractivity contribution >= 4 is 23.2 Å². The van der Waals surface area contributed by atoms with Crippen LogP contribution in [0.1, 0.15) is 48.6 Å². The average Bonchev–Trinajstić information content (AvgIpc) is 3.31. The van der Waals surface area contributed by atoms with Gasteiger partial charge in [0.05, 0.1) is 6.04 Å². The highest BCUT2D eigenvalue weighted by Crippen LogP contribution is 2.32. The third-order valence-corrected chi connectivity index (χ3v) is 5.99. The Hall–Kier alpha value is -1.47. The number of hydrogen-bond acceptors (Lipinski definition) is 5. The van der Waals surface area contributed by atoms with Gasteiger partial charge in [-0.3, -0.25) is 9.59 Å². The first-order valence-corrected chi connectivity index (χ1v) is 10.4. The molecule has 0 aromatic carbocycles. The molecule has 1 aromatic heterocycles. The predicted molar refractivity (Wildman–Crippen MR) is 103 cm³/mol. The second-order valence-electron chi connectivity index (χ2n) is 8.17. The lowest BCUT2D eigenvalue weighted by Gasteiger charge is -2.34. The molecule has 0 unspecified atom stereocenters. The van der Waals surface area contributed by atoms with Crippen LogP contribution in [0.15, 0.2) is 5.38 Å². The van der Waals surface area contributed by atoms with E-state index in [-0.39, 0.29) is 17.9 Å². The molecule has 7 heteroatoms. The van der Waals surface area contributed by atoms with Crippen molar-refractivity contribution in [3.63, 3.8) is 0 Å².